The number of urea groups is 1. The van der Waals surface area contributed by atoms with E-state index in [0.717, 1.165) is 0 Å². The zero-order valence-corrected chi connectivity index (χ0v) is 12.6. The van der Waals surface area contributed by atoms with Gasteiger partial charge in [-0.1, -0.05) is 13.8 Å². The summed E-state index contributed by atoms with van der Waals surface area (Å²) in [5.74, 6) is -1.07. The van der Waals surface area contributed by atoms with Crippen LogP contribution >= 0.6 is 0 Å². The van der Waals surface area contributed by atoms with Gasteiger partial charge in [-0.05, 0) is 28.0 Å². The minimum atomic E-state index is -0.712. The van der Waals surface area contributed by atoms with Crippen LogP contribution in [0.25, 0.3) is 0 Å². The molecule has 1 aromatic heterocycles. The molecule has 22 heavy (non-hydrogen) atoms. The summed E-state index contributed by atoms with van der Waals surface area (Å²) in [6.07, 6.45) is 0. The molecule has 2 N–H and O–H groups in total. The summed E-state index contributed by atoms with van der Waals surface area (Å²) in [5.41, 5.74) is 0.455. The Hall–Kier alpha value is -2.71. The van der Waals surface area contributed by atoms with Crippen molar-refractivity contribution >= 4 is 17.8 Å². The lowest BCUT2D eigenvalue weighted by atomic mass is 10.2. The van der Waals surface area contributed by atoms with E-state index in [1.54, 1.807) is 6.92 Å². The average molecular weight is 310 g/mol. The Morgan fingerprint density at radius 2 is 2.09 bits per heavy atom. The van der Waals surface area contributed by atoms with Crippen LogP contribution in [-0.4, -0.2) is 35.0 Å². The van der Waals surface area contributed by atoms with Crippen LogP contribution in [0.4, 0.5) is 10.6 Å². The third-order valence-electron chi connectivity index (χ3n) is 2.43. The third kappa shape index (κ3) is 5.73. The third-order valence-corrected chi connectivity index (χ3v) is 2.43. The monoisotopic (exact) mass is 310 g/mol. The number of aromatic nitrogens is 1. The van der Waals surface area contributed by atoms with E-state index in [9.17, 15) is 19.7 Å². The molecule has 0 aliphatic heterocycles. The molecule has 0 aliphatic carbocycles. The Morgan fingerprint density at radius 3 is 2.68 bits per heavy atom. The quantitative estimate of drug-likeness (QED) is 0.600. The van der Waals surface area contributed by atoms with E-state index in [4.69, 9.17) is 4.74 Å². The molecule has 120 valence electrons. The molecule has 0 aliphatic rings. The Balaban J connectivity index is 2.54. The number of hydrogen-bond donors (Lipinski definition) is 2. The SMILES string of the molecule is Cc1ccc(OCC(=O)NC(=O)NCC(C)C)c([N+](=O)[O-])n1. The van der Waals surface area contributed by atoms with Crippen molar-refractivity contribution in [2.45, 2.75) is 20.8 Å². The lowest BCUT2D eigenvalue weighted by Crippen LogP contribution is -2.42. The van der Waals surface area contributed by atoms with Crippen molar-refractivity contribution in [3.05, 3.63) is 27.9 Å². The fourth-order valence-corrected chi connectivity index (χ4v) is 1.42. The average Bonchev–Trinajstić information content (AvgIpc) is 2.43. The summed E-state index contributed by atoms with van der Waals surface area (Å²) in [6, 6.07) is 2.24. The second kappa shape index (κ2) is 7.91. The van der Waals surface area contributed by atoms with Gasteiger partial charge in [0.05, 0.1) is 0 Å². The largest absolute Gasteiger partial charge is 0.476 e. The first kappa shape index (κ1) is 17.3. The molecule has 0 radical (unpaired) electrons. The molecular formula is C13H18N4O5. The van der Waals surface area contributed by atoms with Crippen molar-refractivity contribution in [1.29, 1.82) is 0 Å². The van der Waals surface area contributed by atoms with Gasteiger partial charge < -0.3 is 20.2 Å². The van der Waals surface area contributed by atoms with E-state index >= 15 is 0 Å². The first-order chi connectivity index (χ1) is 10.3. The van der Waals surface area contributed by atoms with Crippen molar-refractivity contribution in [2.24, 2.45) is 5.92 Å². The van der Waals surface area contributed by atoms with E-state index in [0.29, 0.717) is 12.2 Å². The molecule has 0 atom stereocenters. The zero-order valence-electron chi connectivity index (χ0n) is 12.6. The Kier molecular flexibility index (Phi) is 6.24. The molecular weight excluding hydrogens is 292 g/mol. The van der Waals surface area contributed by atoms with Crippen molar-refractivity contribution in [1.82, 2.24) is 15.6 Å². The maximum atomic E-state index is 11.5. The van der Waals surface area contributed by atoms with Gasteiger partial charge in [-0.3, -0.25) is 10.1 Å². The molecule has 1 rings (SSSR count). The van der Waals surface area contributed by atoms with Gasteiger partial charge in [-0.25, -0.2) is 4.79 Å². The molecule has 1 heterocycles. The molecule has 0 bridgehead atoms. The van der Waals surface area contributed by atoms with Gasteiger partial charge in [-0.15, -0.1) is 0 Å². The number of pyridine rings is 1. The van der Waals surface area contributed by atoms with Crippen LogP contribution in [0.2, 0.25) is 0 Å². The highest BCUT2D eigenvalue weighted by molar-refractivity contribution is 5.95. The zero-order chi connectivity index (χ0) is 16.7. The topological polar surface area (TPSA) is 123 Å². The number of hydrogen-bond acceptors (Lipinski definition) is 6. The second-order valence-electron chi connectivity index (χ2n) is 4.97. The molecule has 0 saturated heterocycles. The highest BCUT2D eigenvalue weighted by atomic mass is 16.6. The van der Waals surface area contributed by atoms with E-state index in [1.165, 1.54) is 12.1 Å². The maximum Gasteiger partial charge on any atom is 0.406 e. The van der Waals surface area contributed by atoms with Gasteiger partial charge in [0.25, 0.3) is 5.91 Å². The molecule has 0 spiro atoms. The summed E-state index contributed by atoms with van der Waals surface area (Å²) in [7, 11) is 0. The summed E-state index contributed by atoms with van der Waals surface area (Å²) >= 11 is 0. The van der Waals surface area contributed by atoms with Crippen LogP contribution in [0.5, 0.6) is 5.75 Å². The smallest absolute Gasteiger partial charge is 0.406 e. The number of carbonyl (C=O) groups is 2. The number of nitrogens with zero attached hydrogens (tertiary/aromatic N) is 2. The van der Waals surface area contributed by atoms with Crippen molar-refractivity contribution in [3.63, 3.8) is 0 Å². The maximum absolute atomic E-state index is 11.5. The molecule has 1 aromatic rings. The molecule has 3 amide bonds. The van der Waals surface area contributed by atoms with Gasteiger partial charge in [-0.2, -0.15) is 0 Å². The fraction of sp³-hybridized carbons (Fsp3) is 0.462. The molecule has 0 unspecified atom stereocenters. The van der Waals surface area contributed by atoms with Crippen LogP contribution in [0.1, 0.15) is 19.5 Å². The van der Waals surface area contributed by atoms with E-state index < -0.39 is 29.3 Å². The normalized spacial score (nSPS) is 10.2. The summed E-state index contributed by atoms with van der Waals surface area (Å²) in [4.78, 5) is 36.8. The van der Waals surface area contributed by atoms with E-state index in [1.807, 2.05) is 13.8 Å². The minimum absolute atomic E-state index is 0.131. The van der Waals surface area contributed by atoms with Crippen molar-refractivity contribution < 1.29 is 19.2 Å². The highest BCUT2D eigenvalue weighted by Crippen LogP contribution is 2.24. The number of imide groups is 1. The predicted octanol–water partition coefficient (Wildman–Crippen LogP) is 1.16. The van der Waals surface area contributed by atoms with Gasteiger partial charge in [0.1, 0.15) is 5.69 Å². The molecule has 0 saturated carbocycles. The predicted molar refractivity (Wildman–Crippen MR) is 77.5 cm³/mol. The Bertz CT molecular complexity index is 574. The first-order valence-electron chi connectivity index (χ1n) is 6.62. The standard InChI is InChI=1S/C13H18N4O5/c1-8(2)6-14-13(19)16-11(18)7-22-10-5-4-9(3)15-12(10)17(20)21/h4-5,8H,6-7H2,1-3H3,(H2,14,16,18,19). The van der Waals surface area contributed by atoms with Crippen molar-refractivity contribution in [2.75, 3.05) is 13.2 Å². The molecule has 9 nitrogen and oxygen atoms in total. The van der Waals surface area contributed by atoms with E-state index in [2.05, 4.69) is 15.6 Å². The van der Waals surface area contributed by atoms with E-state index in [-0.39, 0.29) is 11.7 Å². The lowest BCUT2D eigenvalue weighted by molar-refractivity contribution is -0.390. The van der Waals surface area contributed by atoms with Crippen LogP contribution in [0.15, 0.2) is 12.1 Å². The van der Waals surface area contributed by atoms with Crippen LogP contribution in [0.3, 0.4) is 0 Å². The second-order valence-corrected chi connectivity index (χ2v) is 4.97. The Morgan fingerprint density at radius 1 is 1.41 bits per heavy atom. The van der Waals surface area contributed by atoms with Crippen LogP contribution < -0.4 is 15.4 Å². The highest BCUT2D eigenvalue weighted by Gasteiger charge is 2.19. The summed E-state index contributed by atoms with van der Waals surface area (Å²) in [5, 5.41) is 15.4. The lowest BCUT2D eigenvalue weighted by Gasteiger charge is -2.09. The first-order valence-corrected chi connectivity index (χ1v) is 6.62. The fourth-order valence-electron chi connectivity index (χ4n) is 1.42. The number of ether oxygens (including phenoxy) is 1. The molecule has 0 fully saturated rings. The number of aryl methyl sites for hydroxylation is 1. The van der Waals surface area contributed by atoms with Crippen molar-refractivity contribution in [3.8, 4) is 5.75 Å². The summed E-state index contributed by atoms with van der Waals surface area (Å²) < 4.78 is 5.05. The van der Waals surface area contributed by atoms with Crippen LogP contribution in [-0.2, 0) is 4.79 Å². The van der Waals surface area contributed by atoms with Gasteiger partial charge in [0.15, 0.2) is 6.61 Å². The summed E-state index contributed by atoms with van der Waals surface area (Å²) in [6.45, 7) is 5.32. The molecule has 9 heteroatoms. The minimum Gasteiger partial charge on any atom is -0.476 e. The van der Waals surface area contributed by atoms with Gasteiger partial charge >= 0.3 is 11.8 Å². The number of carbonyl (C=O) groups excluding carboxylic acids is 2. The Labute approximate surface area is 127 Å². The van der Waals surface area contributed by atoms with Gasteiger partial charge in [0.2, 0.25) is 5.75 Å². The molecule has 0 aromatic carbocycles. The van der Waals surface area contributed by atoms with Gasteiger partial charge in [0, 0.05) is 13.5 Å². The number of amides is 3. The number of rotatable bonds is 6. The number of nitro groups is 1. The number of nitrogens with one attached hydrogen (secondary N) is 2. The van der Waals surface area contributed by atoms with Crippen LogP contribution in [0, 0.1) is 23.0 Å².